The van der Waals surface area contributed by atoms with Crippen LogP contribution in [0.25, 0.3) is 11.1 Å². The van der Waals surface area contributed by atoms with Crippen molar-refractivity contribution in [2.75, 3.05) is 0 Å². The van der Waals surface area contributed by atoms with E-state index in [9.17, 15) is 0 Å². The number of aromatic amines is 1. The normalized spacial score (nSPS) is 10.5. The van der Waals surface area contributed by atoms with E-state index in [2.05, 4.69) is 29.3 Å². The van der Waals surface area contributed by atoms with Gasteiger partial charge in [-0.1, -0.05) is 12.1 Å². The second kappa shape index (κ2) is 3.29. The van der Waals surface area contributed by atoms with Crippen molar-refractivity contribution in [3.8, 4) is 11.1 Å². The molecule has 0 unspecified atom stereocenters. The Kier molecular flexibility index (Phi) is 2.12. The summed E-state index contributed by atoms with van der Waals surface area (Å²) in [5.41, 5.74) is 5.85. The van der Waals surface area contributed by atoms with Gasteiger partial charge in [-0.15, -0.1) is 0 Å². The smallest absolute Gasteiger partial charge is 0.0672 e. The van der Waals surface area contributed by atoms with Gasteiger partial charge in [0.25, 0.3) is 0 Å². The minimum Gasteiger partial charge on any atom is -0.282 e. The first-order valence-corrected chi connectivity index (χ1v) is 4.69. The molecule has 2 nitrogen and oxygen atoms in total. The zero-order chi connectivity index (χ0) is 10.1. The van der Waals surface area contributed by atoms with Crippen LogP contribution in [0.3, 0.4) is 0 Å². The molecule has 0 spiro atoms. The standard InChI is InChI=1S/C12H13N2/c1-8-6-4-5-7-11(8)12-9(2)13-14-10(12)3/h4,6-7H,1-3H3,(H,13,14). The average molecular weight is 185 g/mol. The molecule has 0 atom stereocenters. The Hall–Kier alpha value is -1.57. The van der Waals surface area contributed by atoms with Crippen LogP contribution in [0.1, 0.15) is 17.0 Å². The lowest BCUT2D eigenvalue weighted by Gasteiger charge is -2.04. The van der Waals surface area contributed by atoms with Crippen LogP contribution in [0.15, 0.2) is 18.2 Å². The molecule has 0 saturated heterocycles. The number of H-pyrrole nitrogens is 1. The third kappa shape index (κ3) is 1.33. The van der Waals surface area contributed by atoms with Gasteiger partial charge in [0.05, 0.1) is 5.69 Å². The lowest BCUT2D eigenvalue weighted by molar-refractivity contribution is 1.02. The first-order chi connectivity index (χ1) is 6.70. The highest BCUT2D eigenvalue weighted by molar-refractivity contribution is 5.71. The van der Waals surface area contributed by atoms with Gasteiger partial charge in [-0.2, -0.15) is 5.10 Å². The molecule has 0 fully saturated rings. The SMILES string of the molecule is Cc1cc[c]cc1-c1c(C)n[nH]c1C. The number of hydrogen-bond acceptors (Lipinski definition) is 1. The topological polar surface area (TPSA) is 28.7 Å². The molecule has 1 aromatic carbocycles. The van der Waals surface area contributed by atoms with Crippen LogP contribution < -0.4 is 0 Å². The van der Waals surface area contributed by atoms with Gasteiger partial charge in [0.1, 0.15) is 0 Å². The fraction of sp³-hybridized carbons (Fsp3) is 0.250. The monoisotopic (exact) mass is 185 g/mol. The highest BCUT2D eigenvalue weighted by Crippen LogP contribution is 2.27. The maximum Gasteiger partial charge on any atom is 0.0672 e. The third-order valence-corrected chi connectivity index (χ3v) is 2.48. The van der Waals surface area contributed by atoms with Gasteiger partial charge in [-0.25, -0.2) is 0 Å². The number of aromatic nitrogens is 2. The molecule has 1 heterocycles. The number of nitrogens with one attached hydrogen (secondary N) is 1. The predicted molar refractivity (Wildman–Crippen MR) is 57.1 cm³/mol. The van der Waals surface area contributed by atoms with Crippen molar-refractivity contribution in [2.24, 2.45) is 0 Å². The van der Waals surface area contributed by atoms with E-state index in [0.29, 0.717) is 0 Å². The van der Waals surface area contributed by atoms with Crippen molar-refractivity contribution >= 4 is 0 Å². The summed E-state index contributed by atoms with van der Waals surface area (Å²) in [6.07, 6.45) is 0. The molecule has 2 rings (SSSR count). The fourth-order valence-corrected chi connectivity index (χ4v) is 1.73. The molecule has 0 aliphatic heterocycles. The number of aryl methyl sites for hydroxylation is 3. The molecule has 0 aliphatic carbocycles. The molecule has 0 bridgehead atoms. The van der Waals surface area contributed by atoms with Gasteiger partial charge >= 0.3 is 0 Å². The molecule has 1 N–H and O–H groups in total. The number of nitrogens with zero attached hydrogens (tertiary/aromatic N) is 1. The molecule has 0 amide bonds. The third-order valence-electron chi connectivity index (χ3n) is 2.48. The van der Waals surface area contributed by atoms with Crippen LogP contribution in [-0.4, -0.2) is 10.2 Å². The van der Waals surface area contributed by atoms with Crippen LogP contribution in [0.4, 0.5) is 0 Å². The molecule has 2 heteroatoms. The molecule has 71 valence electrons. The first kappa shape index (κ1) is 9.00. The van der Waals surface area contributed by atoms with Crippen molar-refractivity contribution in [3.63, 3.8) is 0 Å². The summed E-state index contributed by atoms with van der Waals surface area (Å²) in [7, 11) is 0. The molecule has 14 heavy (non-hydrogen) atoms. The Morgan fingerprint density at radius 2 is 2.07 bits per heavy atom. The zero-order valence-corrected chi connectivity index (χ0v) is 8.68. The van der Waals surface area contributed by atoms with Crippen LogP contribution in [-0.2, 0) is 0 Å². The van der Waals surface area contributed by atoms with Gasteiger partial charge in [0.2, 0.25) is 0 Å². The molecule has 1 aromatic heterocycles. The van der Waals surface area contributed by atoms with E-state index in [0.717, 1.165) is 11.4 Å². The largest absolute Gasteiger partial charge is 0.282 e. The van der Waals surface area contributed by atoms with E-state index in [1.54, 1.807) is 0 Å². The lowest BCUT2D eigenvalue weighted by atomic mass is 9.99. The van der Waals surface area contributed by atoms with E-state index in [1.165, 1.54) is 16.7 Å². The summed E-state index contributed by atoms with van der Waals surface area (Å²) < 4.78 is 0. The molecule has 1 radical (unpaired) electrons. The Morgan fingerprint density at radius 3 is 2.64 bits per heavy atom. The lowest BCUT2D eigenvalue weighted by Crippen LogP contribution is -1.85. The maximum atomic E-state index is 4.19. The van der Waals surface area contributed by atoms with Crippen molar-refractivity contribution in [3.05, 3.63) is 41.2 Å². The highest BCUT2D eigenvalue weighted by Gasteiger charge is 2.09. The van der Waals surface area contributed by atoms with Gasteiger partial charge < -0.3 is 0 Å². The summed E-state index contributed by atoms with van der Waals surface area (Å²) in [5.74, 6) is 0. The first-order valence-electron chi connectivity index (χ1n) is 4.69. The Morgan fingerprint density at radius 1 is 1.29 bits per heavy atom. The number of hydrogen-bond donors (Lipinski definition) is 1. The molecular weight excluding hydrogens is 172 g/mol. The maximum absolute atomic E-state index is 4.19. The fourth-order valence-electron chi connectivity index (χ4n) is 1.73. The quantitative estimate of drug-likeness (QED) is 0.727. The summed E-state index contributed by atoms with van der Waals surface area (Å²) >= 11 is 0. The Labute approximate surface area is 84.0 Å². The summed E-state index contributed by atoms with van der Waals surface area (Å²) in [4.78, 5) is 0. The summed E-state index contributed by atoms with van der Waals surface area (Å²) in [5, 5.41) is 7.19. The second-order valence-corrected chi connectivity index (χ2v) is 3.55. The van der Waals surface area contributed by atoms with E-state index >= 15 is 0 Å². The molecule has 0 aliphatic rings. The van der Waals surface area contributed by atoms with Gasteiger partial charge in [0, 0.05) is 11.3 Å². The highest BCUT2D eigenvalue weighted by atomic mass is 15.1. The summed E-state index contributed by atoms with van der Waals surface area (Å²) in [6.45, 7) is 6.17. The average Bonchev–Trinajstić information content (AvgIpc) is 2.48. The predicted octanol–water partition coefficient (Wildman–Crippen LogP) is 2.80. The van der Waals surface area contributed by atoms with Crippen molar-refractivity contribution in [1.82, 2.24) is 10.2 Å². The van der Waals surface area contributed by atoms with Crippen molar-refractivity contribution in [2.45, 2.75) is 20.8 Å². The van der Waals surface area contributed by atoms with E-state index in [4.69, 9.17) is 0 Å². The van der Waals surface area contributed by atoms with E-state index < -0.39 is 0 Å². The molecule has 0 saturated carbocycles. The number of rotatable bonds is 1. The zero-order valence-electron chi connectivity index (χ0n) is 8.68. The van der Waals surface area contributed by atoms with E-state index in [1.807, 2.05) is 26.0 Å². The minimum absolute atomic E-state index is 1.05. The van der Waals surface area contributed by atoms with Crippen LogP contribution in [0.2, 0.25) is 0 Å². The molecular formula is C12H13N2. The Bertz CT molecular complexity index is 436. The van der Waals surface area contributed by atoms with Crippen LogP contribution >= 0.6 is 0 Å². The van der Waals surface area contributed by atoms with Crippen LogP contribution in [0, 0.1) is 26.8 Å². The minimum atomic E-state index is 1.05. The second-order valence-electron chi connectivity index (χ2n) is 3.55. The van der Waals surface area contributed by atoms with Gasteiger partial charge in [0.15, 0.2) is 0 Å². The van der Waals surface area contributed by atoms with Crippen molar-refractivity contribution in [1.29, 1.82) is 0 Å². The van der Waals surface area contributed by atoms with Crippen LogP contribution in [0.5, 0.6) is 0 Å². The number of benzene rings is 1. The Balaban J connectivity index is 2.66. The van der Waals surface area contributed by atoms with Crippen molar-refractivity contribution < 1.29 is 0 Å². The summed E-state index contributed by atoms with van der Waals surface area (Å²) in [6, 6.07) is 9.12. The van der Waals surface area contributed by atoms with E-state index in [-0.39, 0.29) is 0 Å². The van der Waals surface area contributed by atoms with Gasteiger partial charge in [-0.3, -0.25) is 5.10 Å². The van der Waals surface area contributed by atoms with Gasteiger partial charge in [-0.05, 0) is 44.0 Å². The molecule has 2 aromatic rings.